The molecule has 0 saturated heterocycles. The fraction of sp³-hybridized carbons (Fsp3) is 0.615. The zero-order chi connectivity index (χ0) is 20.4. The first-order valence-electron chi connectivity index (χ1n) is 11.3. The molecule has 2 N–H and O–H groups in total. The number of aliphatic hydroxyl groups is 2. The number of halogens is 1. The molecule has 4 aliphatic rings. The fourth-order valence-corrected chi connectivity index (χ4v) is 7.62. The first-order valence-corrected chi connectivity index (χ1v) is 11.7. The molecule has 7 atom stereocenters. The van der Waals surface area contributed by atoms with Gasteiger partial charge < -0.3 is 10.2 Å². The molecule has 0 radical (unpaired) electrons. The molecule has 0 heterocycles. The molecule has 0 aliphatic heterocycles. The highest BCUT2D eigenvalue weighted by molar-refractivity contribution is 6.32. The van der Waals surface area contributed by atoms with E-state index in [-0.39, 0.29) is 23.0 Å². The van der Waals surface area contributed by atoms with Gasteiger partial charge in [0.15, 0.2) is 0 Å². The van der Waals surface area contributed by atoms with Gasteiger partial charge in [-0.15, -0.1) is 0 Å². The lowest BCUT2D eigenvalue weighted by molar-refractivity contribution is -0.0685. The van der Waals surface area contributed by atoms with Crippen molar-refractivity contribution in [1.29, 1.82) is 0 Å². The second-order valence-electron chi connectivity index (χ2n) is 10.5. The third kappa shape index (κ3) is 2.98. The molecule has 4 aliphatic carbocycles. The Kier molecular flexibility index (Phi) is 4.77. The number of benzene rings is 1. The summed E-state index contributed by atoms with van der Waals surface area (Å²) in [6.45, 7) is 4.77. The molecule has 3 saturated carbocycles. The van der Waals surface area contributed by atoms with Crippen LogP contribution in [0.15, 0.2) is 41.5 Å². The van der Waals surface area contributed by atoms with Gasteiger partial charge in [0.05, 0.1) is 12.2 Å². The normalized spacial score (nSPS) is 45.3. The minimum atomic E-state index is -0.379. The molecule has 3 heteroatoms. The van der Waals surface area contributed by atoms with Crippen molar-refractivity contribution in [1.82, 2.24) is 0 Å². The third-order valence-electron chi connectivity index (χ3n) is 9.19. The lowest BCUT2D eigenvalue weighted by Gasteiger charge is -2.57. The van der Waals surface area contributed by atoms with Crippen LogP contribution in [-0.2, 0) is 0 Å². The van der Waals surface area contributed by atoms with Crippen molar-refractivity contribution in [2.24, 2.45) is 28.6 Å². The Morgan fingerprint density at radius 1 is 1.03 bits per heavy atom. The van der Waals surface area contributed by atoms with Gasteiger partial charge in [-0.1, -0.05) is 61.4 Å². The van der Waals surface area contributed by atoms with Crippen LogP contribution in [-0.4, -0.2) is 22.4 Å². The van der Waals surface area contributed by atoms with Crippen LogP contribution in [0.1, 0.15) is 64.4 Å². The van der Waals surface area contributed by atoms with Crippen LogP contribution in [0, 0.1) is 28.6 Å². The van der Waals surface area contributed by atoms with Crippen molar-refractivity contribution in [2.45, 2.75) is 71.0 Å². The van der Waals surface area contributed by atoms with Gasteiger partial charge in [-0.2, -0.15) is 0 Å². The zero-order valence-electron chi connectivity index (χ0n) is 17.6. The van der Waals surface area contributed by atoms with Crippen molar-refractivity contribution in [3.63, 3.8) is 0 Å². The number of fused-ring (bicyclic) bond motifs is 5. The highest BCUT2D eigenvalue weighted by Crippen LogP contribution is 2.65. The summed E-state index contributed by atoms with van der Waals surface area (Å²) in [5, 5.41) is 22.3. The van der Waals surface area contributed by atoms with Crippen LogP contribution in [0.4, 0.5) is 0 Å². The highest BCUT2D eigenvalue weighted by atomic mass is 35.5. The maximum atomic E-state index is 11.4. The molecule has 1 aromatic carbocycles. The van der Waals surface area contributed by atoms with Gasteiger partial charge in [0.1, 0.15) is 0 Å². The molecule has 0 amide bonds. The number of hydrogen-bond acceptors (Lipinski definition) is 2. The monoisotopic (exact) mass is 412 g/mol. The number of aliphatic hydroxyl groups excluding tert-OH is 2. The minimum absolute atomic E-state index is 0.0376. The van der Waals surface area contributed by atoms with Crippen molar-refractivity contribution in [3.05, 3.63) is 52.1 Å². The predicted octanol–water partition coefficient (Wildman–Crippen LogP) is 6.02. The Bertz CT molecular complexity index is 873. The smallest absolute Gasteiger partial charge is 0.0809 e. The molecule has 29 heavy (non-hydrogen) atoms. The molecule has 0 aromatic heterocycles. The van der Waals surface area contributed by atoms with E-state index in [1.54, 1.807) is 0 Å². The number of hydrogen-bond donors (Lipinski definition) is 2. The summed E-state index contributed by atoms with van der Waals surface area (Å²) in [4.78, 5) is 0. The molecule has 5 rings (SSSR count). The first-order chi connectivity index (χ1) is 13.8. The van der Waals surface area contributed by atoms with Crippen LogP contribution in [0.3, 0.4) is 0 Å². The van der Waals surface area contributed by atoms with E-state index in [9.17, 15) is 10.2 Å². The Morgan fingerprint density at radius 2 is 1.83 bits per heavy atom. The largest absolute Gasteiger partial charge is 0.393 e. The molecule has 0 spiro atoms. The SMILES string of the molecule is C[C@]12CC[C@H]3[C@@H](CC=C4C[C@@H](O)CC[C@@]43C)[C@@H]1C/C(=C\c1ccccc1Cl)[C@H]2O. The van der Waals surface area contributed by atoms with Gasteiger partial charge in [-0.25, -0.2) is 0 Å². The average Bonchev–Trinajstić information content (AvgIpc) is 2.95. The van der Waals surface area contributed by atoms with E-state index < -0.39 is 0 Å². The minimum Gasteiger partial charge on any atom is -0.393 e. The van der Waals surface area contributed by atoms with E-state index >= 15 is 0 Å². The van der Waals surface area contributed by atoms with Gasteiger partial charge >= 0.3 is 0 Å². The van der Waals surface area contributed by atoms with Crippen molar-refractivity contribution < 1.29 is 10.2 Å². The van der Waals surface area contributed by atoms with Gasteiger partial charge in [-0.3, -0.25) is 0 Å². The maximum Gasteiger partial charge on any atom is 0.0809 e. The van der Waals surface area contributed by atoms with Crippen molar-refractivity contribution in [3.8, 4) is 0 Å². The summed E-state index contributed by atoms with van der Waals surface area (Å²) < 4.78 is 0. The quantitative estimate of drug-likeness (QED) is 0.554. The molecule has 1 aromatic rings. The lowest BCUT2D eigenvalue weighted by Crippen LogP contribution is -2.51. The molecule has 3 fully saturated rings. The molecule has 156 valence electrons. The molecular formula is C26H33ClO2. The van der Waals surface area contributed by atoms with Gasteiger partial charge in [0.2, 0.25) is 0 Å². The Balaban J connectivity index is 1.48. The van der Waals surface area contributed by atoms with E-state index in [4.69, 9.17) is 11.6 Å². The summed E-state index contributed by atoms with van der Waals surface area (Å²) in [5.74, 6) is 1.83. The van der Waals surface area contributed by atoms with E-state index in [0.29, 0.717) is 17.8 Å². The third-order valence-corrected chi connectivity index (χ3v) is 9.54. The van der Waals surface area contributed by atoms with Gasteiger partial charge in [0, 0.05) is 10.4 Å². The summed E-state index contributed by atoms with van der Waals surface area (Å²) in [6, 6.07) is 7.93. The summed E-state index contributed by atoms with van der Waals surface area (Å²) >= 11 is 6.40. The fourth-order valence-electron chi connectivity index (χ4n) is 7.43. The second-order valence-corrected chi connectivity index (χ2v) is 11.0. The molecule has 0 bridgehead atoms. The summed E-state index contributed by atoms with van der Waals surface area (Å²) in [5.41, 5.74) is 3.88. The summed E-state index contributed by atoms with van der Waals surface area (Å²) in [6.07, 6.45) is 11.3. The van der Waals surface area contributed by atoms with E-state index in [1.807, 2.05) is 24.3 Å². The van der Waals surface area contributed by atoms with Crippen LogP contribution < -0.4 is 0 Å². The van der Waals surface area contributed by atoms with Crippen LogP contribution in [0.2, 0.25) is 5.02 Å². The van der Waals surface area contributed by atoms with Crippen LogP contribution in [0.25, 0.3) is 6.08 Å². The van der Waals surface area contributed by atoms with Crippen LogP contribution in [0.5, 0.6) is 0 Å². The number of rotatable bonds is 1. The summed E-state index contributed by atoms with van der Waals surface area (Å²) in [7, 11) is 0. The van der Waals surface area contributed by atoms with Crippen molar-refractivity contribution >= 4 is 17.7 Å². The van der Waals surface area contributed by atoms with E-state index in [0.717, 1.165) is 54.7 Å². The van der Waals surface area contributed by atoms with E-state index in [1.165, 1.54) is 12.0 Å². The average molecular weight is 413 g/mol. The highest BCUT2D eigenvalue weighted by Gasteiger charge is 2.59. The molecular weight excluding hydrogens is 380 g/mol. The topological polar surface area (TPSA) is 40.5 Å². The van der Waals surface area contributed by atoms with Crippen LogP contribution >= 0.6 is 11.6 Å². The van der Waals surface area contributed by atoms with Crippen molar-refractivity contribution in [2.75, 3.05) is 0 Å². The Morgan fingerprint density at radius 3 is 2.62 bits per heavy atom. The second kappa shape index (κ2) is 6.97. The molecule has 2 nitrogen and oxygen atoms in total. The Labute approximate surface area is 179 Å². The van der Waals surface area contributed by atoms with Gasteiger partial charge in [-0.05, 0) is 85.3 Å². The van der Waals surface area contributed by atoms with E-state index in [2.05, 4.69) is 26.0 Å². The standard InChI is InChI=1S/C26H33ClO2/c1-25-11-9-19(28)15-18(25)7-8-20-21(25)10-12-26(2)22(20)14-17(24(26)29)13-16-5-3-4-6-23(16)27/h3-7,13,19-22,24,28-29H,8-12,14-15H2,1-2H3/b17-13+/t19-,20+,21-,22-,24+,25-,26-/m0/s1. The zero-order valence-corrected chi connectivity index (χ0v) is 18.3. The maximum absolute atomic E-state index is 11.4. The number of allylic oxidation sites excluding steroid dienone is 1. The molecule has 0 unspecified atom stereocenters. The van der Waals surface area contributed by atoms with Gasteiger partial charge in [0.25, 0.3) is 0 Å². The predicted molar refractivity (Wildman–Crippen MR) is 119 cm³/mol. The Hall–Kier alpha value is -1.09. The first kappa shape index (κ1) is 19.8. The lowest BCUT2D eigenvalue weighted by atomic mass is 9.48.